The van der Waals surface area contributed by atoms with Gasteiger partial charge in [0, 0.05) is 45.9 Å². The number of benzene rings is 2. The molecule has 10 heteroatoms. The van der Waals surface area contributed by atoms with E-state index in [1.165, 1.54) is 26.6 Å². The van der Waals surface area contributed by atoms with Crippen molar-refractivity contribution in [2.45, 2.75) is 17.4 Å². The number of nitrogens with zero attached hydrogens (tertiary/aromatic N) is 4. The highest BCUT2D eigenvalue weighted by Crippen LogP contribution is 2.37. The van der Waals surface area contributed by atoms with E-state index in [1.807, 2.05) is 41.1 Å². The Kier molecular flexibility index (Phi) is 5.76. The summed E-state index contributed by atoms with van der Waals surface area (Å²) < 4.78 is 28.1. The summed E-state index contributed by atoms with van der Waals surface area (Å²) in [7, 11) is -3.84. The smallest absolute Gasteiger partial charge is 0.269 e. The molecule has 1 unspecified atom stereocenters. The van der Waals surface area contributed by atoms with E-state index < -0.39 is 15.6 Å². The van der Waals surface area contributed by atoms with E-state index in [2.05, 4.69) is 9.97 Å². The highest BCUT2D eigenvalue weighted by molar-refractivity contribution is 7.90. The summed E-state index contributed by atoms with van der Waals surface area (Å²) in [6, 6.07) is 19.5. The summed E-state index contributed by atoms with van der Waals surface area (Å²) in [5, 5.41) is 16.9. The lowest BCUT2D eigenvalue weighted by Crippen LogP contribution is -2.22. The number of thiazole rings is 2. The van der Waals surface area contributed by atoms with Gasteiger partial charge in [-0.3, -0.25) is 0 Å². The molecule has 0 bridgehead atoms. The second-order valence-corrected chi connectivity index (χ2v) is 12.1. The molecule has 0 amide bonds. The molecule has 0 radical (unpaired) electrons. The van der Waals surface area contributed by atoms with Crippen LogP contribution in [0.15, 0.2) is 101 Å². The molecule has 4 aromatic heterocycles. The molecule has 7 nitrogen and oxygen atoms in total. The van der Waals surface area contributed by atoms with Crippen LogP contribution in [0, 0.1) is 0 Å². The third-order valence-electron chi connectivity index (χ3n) is 6.14. The van der Waals surface area contributed by atoms with E-state index in [9.17, 15) is 13.5 Å². The minimum atomic E-state index is -3.84. The topological polar surface area (TPSA) is 98.0 Å². The Morgan fingerprint density at radius 1 is 0.946 bits per heavy atom. The number of fused-ring (bicyclic) bond motifs is 1. The summed E-state index contributed by atoms with van der Waals surface area (Å²) in [4.78, 5) is 13.7. The first-order chi connectivity index (χ1) is 17.9. The largest absolute Gasteiger partial charge is 0.378 e. The van der Waals surface area contributed by atoms with E-state index in [1.54, 1.807) is 61.9 Å². The molecule has 6 aromatic rings. The highest BCUT2D eigenvalue weighted by atomic mass is 32.2. The van der Waals surface area contributed by atoms with Gasteiger partial charge in [-0.2, -0.15) is 0 Å². The van der Waals surface area contributed by atoms with E-state index in [4.69, 9.17) is 4.98 Å². The van der Waals surface area contributed by atoms with Gasteiger partial charge in [-0.15, -0.1) is 22.7 Å². The van der Waals surface area contributed by atoms with Gasteiger partial charge in [-0.05, 0) is 42.8 Å². The molecule has 0 saturated carbocycles. The molecule has 1 N–H and O–H groups in total. The van der Waals surface area contributed by atoms with Crippen molar-refractivity contribution in [1.82, 2.24) is 18.9 Å². The molecule has 4 heterocycles. The maximum absolute atomic E-state index is 13.4. The fourth-order valence-electron chi connectivity index (χ4n) is 4.19. The molecule has 184 valence electrons. The zero-order valence-electron chi connectivity index (χ0n) is 19.5. The predicted molar refractivity (Wildman–Crippen MR) is 146 cm³/mol. The van der Waals surface area contributed by atoms with Crippen LogP contribution in [0.3, 0.4) is 0 Å². The zero-order chi connectivity index (χ0) is 25.6. The van der Waals surface area contributed by atoms with Crippen LogP contribution in [0.4, 0.5) is 0 Å². The average molecular weight is 545 g/mol. The molecule has 0 spiro atoms. The molecule has 1 atom stereocenters. The second kappa shape index (κ2) is 9.00. The van der Waals surface area contributed by atoms with Crippen molar-refractivity contribution in [2.75, 3.05) is 0 Å². The third kappa shape index (κ3) is 4.08. The lowest BCUT2D eigenvalue weighted by atomic mass is 9.94. The van der Waals surface area contributed by atoms with Crippen molar-refractivity contribution >= 4 is 43.7 Å². The molecule has 37 heavy (non-hydrogen) atoms. The zero-order valence-corrected chi connectivity index (χ0v) is 22.0. The minimum absolute atomic E-state index is 0.188. The van der Waals surface area contributed by atoms with Gasteiger partial charge in [0.25, 0.3) is 10.0 Å². The summed E-state index contributed by atoms with van der Waals surface area (Å²) in [6.07, 6.45) is 4.84. The Morgan fingerprint density at radius 2 is 1.78 bits per heavy atom. The van der Waals surface area contributed by atoms with Gasteiger partial charge in [0.05, 0.1) is 10.6 Å². The normalized spacial score (nSPS) is 13.6. The Hall–Kier alpha value is -3.70. The number of aliphatic hydroxyl groups is 1. The lowest BCUT2D eigenvalue weighted by molar-refractivity contribution is 0.102. The third-order valence-corrected chi connectivity index (χ3v) is 9.66. The van der Waals surface area contributed by atoms with Gasteiger partial charge in [0.15, 0.2) is 5.65 Å². The van der Waals surface area contributed by atoms with Crippen LogP contribution >= 0.6 is 22.7 Å². The van der Waals surface area contributed by atoms with Crippen LogP contribution < -0.4 is 0 Å². The number of rotatable bonds is 6. The molecular formula is C27H20N4O3S3. The quantitative estimate of drug-likeness (QED) is 0.286. The summed E-state index contributed by atoms with van der Waals surface area (Å²) in [6.45, 7) is 1.73. The number of aromatic nitrogens is 4. The fraction of sp³-hybridized carbons (Fsp3) is 0.0741. The Bertz CT molecular complexity index is 1820. The SMILES string of the molecule is CC(O)(c1cccc(-c2csc(-c3cn(S(=O)(=O)c4ccccc4)c4ncccc34)n2)c1)c1nccs1. The van der Waals surface area contributed by atoms with Crippen LogP contribution in [0.5, 0.6) is 0 Å². The molecule has 0 aliphatic heterocycles. The van der Waals surface area contributed by atoms with E-state index >= 15 is 0 Å². The summed E-state index contributed by atoms with van der Waals surface area (Å²) in [5.41, 5.74) is 2.09. The summed E-state index contributed by atoms with van der Waals surface area (Å²) >= 11 is 2.82. The first-order valence-electron chi connectivity index (χ1n) is 11.3. The molecule has 0 saturated heterocycles. The molecule has 0 aliphatic rings. The van der Waals surface area contributed by atoms with Gasteiger partial charge in [-0.25, -0.2) is 27.3 Å². The molecule has 2 aromatic carbocycles. The molecule has 0 fully saturated rings. The van der Waals surface area contributed by atoms with Crippen LogP contribution in [-0.4, -0.2) is 32.4 Å². The maximum atomic E-state index is 13.4. The van der Waals surface area contributed by atoms with Gasteiger partial charge in [0.1, 0.15) is 15.6 Å². The van der Waals surface area contributed by atoms with E-state index in [0.717, 1.165) is 11.3 Å². The Labute approximate surface area is 221 Å². The number of hydrogen-bond acceptors (Lipinski definition) is 8. The predicted octanol–water partition coefficient (Wildman–Crippen LogP) is 5.78. The minimum Gasteiger partial charge on any atom is -0.378 e. The molecule has 0 aliphatic carbocycles. The van der Waals surface area contributed by atoms with Crippen molar-refractivity contribution in [3.05, 3.63) is 107 Å². The fourth-order valence-corrected chi connectivity index (χ4v) is 7.11. The number of pyridine rings is 1. The van der Waals surface area contributed by atoms with Gasteiger partial charge in [0.2, 0.25) is 0 Å². The standard InChI is InChI=1S/C27H20N4O3S3/c1-27(32,26-29-13-14-35-26)19-8-5-7-18(15-19)23-17-36-25(30-23)22-16-31(24-21(22)11-6-12-28-24)37(33,34)20-9-3-2-4-10-20/h2-17,32H,1H3. The van der Waals surface area contributed by atoms with Crippen LogP contribution in [0.25, 0.3) is 32.9 Å². The van der Waals surface area contributed by atoms with Crippen molar-refractivity contribution < 1.29 is 13.5 Å². The first kappa shape index (κ1) is 23.7. The van der Waals surface area contributed by atoms with Crippen molar-refractivity contribution in [2.24, 2.45) is 0 Å². The first-order valence-corrected chi connectivity index (χ1v) is 14.5. The lowest BCUT2D eigenvalue weighted by Gasteiger charge is -2.21. The Balaban J connectivity index is 1.42. The van der Waals surface area contributed by atoms with Gasteiger partial charge in [-0.1, -0.05) is 36.4 Å². The second-order valence-electron chi connectivity index (χ2n) is 8.56. The van der Waals surface area contributed by atoms with Gasteiger partial charge >= 0.3 is 0 Å². The summed E-state index contributed by atoms with van der Waals surface area (Å²) in [5.74, 6) is 0. The van der Waals surface area contributed by atoms with Gasteiger partial charge < -0.3 is 5.11 Å². The van der Waals surface area contributed by atoms with E-state index in [-0.39, 0.29) is 4.90 Å². The van der Waals surface area contributed by atoms with Crippen molar-refractivity contribution in [3.63, 3.8) is 0 Å². The van der Waals surface area contributed by atoms with Crippen molar-refractivity contribution in [3.8, 4) is 21.8 Å². The average Bonchev–Trinajstić information content (AvgIpc) is 3.69. The molecule has 6 rings (SSSR count). The number of hydrogen-bond donors (Lipinski definition) is 1. The van der Waals surface area contributed by atoms with E-state index in [0.29, 0.717) is 32.2 Å². The van der Waals surface area contributed by atoms with Crippen LogP contribution in [0.1, 0.15) is 17.5 Å². The van der Waals surface area contributed by atoms with Crippen LogP contribution in [0.2, 0.25) is 0 Å². The maximum Gasteiger partial charge on any atom is 0.269 e. The monoisotopic (exact) mass is 544 g/mol. The Morgan fingerprint density at radius 3 is 2.57 bits per heavy atom. The van der Waals surface area contributed by atoms with Crippen molar-refractivity contribution in [1.29, 1.82) is 0 Å². The molecular weight excluding hydrogens is 525 g/mol. The highest BCUT2D eigenvalue weighted by Gasteiger charge is 2.29. The van der Waals surface area contributed by atoms with Crippen LogP contribution in [-0.2, 0) is 15.6 Å².